The Kier molecular flexibility index (Phi) is 3.63. The third-order valence-electron chi connectivity index (χ3n) is 3.70. The molecule has 0 saturated carbocycles. The lowest BCUT2D eigenvalue weighted by Gasteiger charge is -2.23. The molecule has 5 nitrogen and oxygen atoms in total. The number of nitrogens with zero attached hydrogens (tertiary/aromatic N) is 1. The molecule has 0 fully saturated rings. The van der Waals surface area contributed by atoms with Crippen LogP contribution in [0.5, 0.6) is 0 Å². The maximum atomic E-state index is 12.9. The number of pyridine rings is 1. The molecule has 1 aromatic carbocycles. The van der Waals surface area contributed by atoms with Crippen LogP contribution in [0.4, 0.5) is 11.4 Å². The smallest absolute Gasteiger partial charge is 0.198 e. The van der Waals surface area contributed by atoms with Crippen LogP contribution in [0.25, 0.3) is 0 Å². The lowest BCUT2D eigenvalue weighted by atomic mass is 9.83. The van der Waals surface area contributed by atoms with E-state index >= 15 is 0 Å². The minimum absolute atomic E-state index is 0.136. The molecule has 0 spiro atoms. The Labute approximate surface area is 128 Å². The van der Waals surface area contributed by atoms with E-state index in [4.69, 9.17) is 0 Å². The van der Waals surface area contributed by atoms with E-state index in [2.05, 4.69) is 15.6 Å². The van der Waals surface area contributed by atoms with Gasteiger partial charge in [-0.15, -0.1) is 0 Å². The first kappa shape index (κ1) is 14.3. The zero-order valence-corrected chi connectivity index (χ0v) is 12.6. The van der Waals surface area contributed by atoms with Gasteiger partial charge >= 0.3 is 0 Å². The van der Waals surface area contributed by atoms with Crippen LogP contribution in [0.3, 0.4) is 0 Å². The van der Waals surface area contributed by atoms with Gasteiger partial charge in [0.05, 0.1) is 16.7 Å². The number of carbonyl (C=O) groups excluding carboxylic acids is 2. The van der Waals surface area contributed by atoms with Crippen molar-refractivity contribution < 1.29 is 9.59 Å². The van der Waals surface area contributed by atoms with Gasteiger partial charge in [-0.3, -0.25) is 14.6 Å². The van der Waals surface area contributed by atoms with Crippen molar-refractivity contribution in [2.75, 3.05) is 23.7 Å². The number of aromatic nitrogens is 1. The number of fused-ring (bicyclic) bond motifs is 2. The van der Waals surface area contributed by atoms with E-state index in [1.807, 2.05) is 26.0 Å². The number of carbonyl (C=O) groups is 2. The normalized spacial score (nSPS) is 12.6. The maximum Gasteiger partial charge on any atom is 0.198 e. The molecule has 0 unspecified atom stereocenters. The molecule has 3 rings (SSSR count). The fourth-order valence-electron chi connectivity index (χ4n) is 2.79. The van der Waals surface area contributed by atoms with Gasteiger partial charge in [-0.2, -0.15) is 0 Å². The summed E-state index contributed by atoms with van der Waals surface area (Å²) in [5.41, 5.74) is 3.05. The summed E-state index contributed by atoms with van der Waals surface area (Å²) in [7, 11) is 0. The van der Waals surface area contributed by atoms with Crippen molar-refractivity contribution >= 4 is 22.9 Å². The fraction of sp³-hybridized carbons (Fsp3) is 0.235. The maximum absolute atomic E-state index is 12.9. The summed E-state index contributed by atoms with van der Waals surface area (Å²) in [5, 5.41) is 6.34. The van der Waals surface area contributed by atoms with E-state index < -0.39 is 0 Å². The van der Waals surface area contributed by atoms with Crippen LogP contribution < -0.4 is 10.6 Å². The first-order chi connectivity index (χ1) is 10.7. The van der Waals surface area contributed by atoms with Gasteiger partial charge in [-0.1, -0.05) is 0 Å². The van der Waals surface area contributed by atoms with Crippen LogP contribution in [0.2, 0.25) is 0 Å². The first-order valence-corrected chi connectivity index (χ1v) is 7.37. The van der Waals surface area contributed by atoms with Crippen LogP contribution in [0.1, 0.15) is 45.7 Å². The summed E-state index contributed by atoms with van der Waals surface area (Å²) < 4.78 is 0. The molecular weight excluding hydrogens is 278 g/mol. The summed E-state index contributed by atoms with van der Waals surface area (Å²) in [6, 6.07) is 5.29. The largest absolute Gasteiger partial charge is 0.385 e. The van der Waals surface area contributed by atoms with Gasteiger partial charge in [0.15, 0.2) is 11.6 Å². The van der Waals surface area contributed by atoms with Crippen molar-refractivity contribution in [1.29, 1.82) is 0 Å². The molecule has 2 N–H and O–H groups in total. The third-order valence-corrected chi connectivity index (χ3v) is 3.70. The minimum Gasteiger partial charge on any atom is -0.385 e. The van der Waals surface area contributed by atoms with E-state index in [1.165, 1.54) is 12.4 Å². The molecule has 1 aromatic heterocycles. The van der Waals surface area contributed by atoms with Crippen LogP contribution in [0, 0.1) is 0 Å². The van der Waals surface area contributed by atoms with Gasteiger partial charge in [0, 0.05) is 42.4 Å². The Hall–Kier alpha value is -2.69. The van der Waals surface area contributed by atoms with Crippen molar-refractivity contribution in [2.24, 2.45) is 0 Å². The highest BCUT2D eigenvalue weighted by Crippen LogP contribution is 2.36. The summed E-state index contributed by atoms with van der Waals surface area (Å²) in [6.07, 6.45) is 3.00. The molecule has 2 aromatic rings. The number of hydrogen-bond acceptors (Lipinski definition) is 5. The molecule has 112 valence electrons. The molecule has 0 aliphatic heterocycles. The minimum atomic E-state index is -0.159. The lowest BCUT2D eigenvalue weighted by molar-refractivity contribution is 0.0980. The molecule has 0 radical (unpaired) electrons. The first-order valence-electron chi connectivity index (χ1n) is 7.37. The summed E-state index contributed by atoms with van der Waals surface area (Å²) in [6.45, 7) is 5.26. The average molecular weight is 295 g/mol. The van der Waals surface area contributed by atoms with Gasteiger partial charge in [-0.05, 0) is 32.0 Å². The van der Waals surface area contributed by atoms with Crippen LogP contribution >= 0.6 is 0 Å². The van der Waals surface area contributed by atoms with Crippen molar-refractivity contribution in [3.8, 4) is 0 Å². The highest BCUT2D eigenvalue weighted by atomic mass is 16.1. The molecule has 22 heavy (non-hydrogen) atoms. The SMILES string of the molecule is CCNc1ccc(NCC)c2c1C(=O)c1ccncc1C2=O. The molecule has 1 heterocycles. The van der Waals surface area contributed by atoms with E-state index in [-0.39, 0.29) is 11.6 Å². The van der Waals surface area contributed by atoms with Gasteiger partial charge in [0.1, 0.15) is 0 Å². The monoisotopic (exact) mass is 295 g/mol. The Balaban J connectivity index is 2.29. The number of hydrogen-bond donors (Lipinski definition) is 2. The highest BCUT2D eigenvalue weighted by Gasteiger charge is 2.33. The lowest BCUT2D eigenvalue weighted by Crippen LogP contribution is -2.24. The number of anilines is 2. The van der Waals surface area contributed by atoms with Gasteiger partial charge < -0.3 is 10.6 Å². The predicted molar refractivity (Wildman–Crippen MR) is 85.9 cm³/mol. The standard InChI is InChI=1S/C17H17N3O2/c1-3-19-12-5-6-13(20-4-2)15-14(12)16(21)10-7-8-18-9-11(10)17(15)22/h5-9,19-20H,3-4H2,1-2H3. The van der Waals surface area contributed by atoms with Crippen molar-refractivity contribution in [1.82, 2.24) is 4.98 Å². The van der Waals surface area contributed by atoms with Crippen molar-refractivity contribution in [2.45, 2.75) is 13.8 Å². The van der Waals surface area contributed by atoms with Crippen molar-refractivity contribution in [3.63, 3.8) is 0 Å². The highest BCUT2D eigenvalue weighted by molar-refractivity contribution is 6.31. The molecule has 0 bridgehead atoms. The van der Waals surface area contributed by atoms with Gasteiger partial charge in [0.25, 0.3) is 0 Å². The zero-order chi connectivity index (χ0) is 15.7. The number of nitrogens with one attached hydrogen (secondary N) is 2. The molecule has 0 saturated heterocycles. The molecule has 0 amide bonds. The molecule has 0 atom stereocenters. The second kappa shape index (κ2) is 5.60. The topological polar surface area (TPSA) is 71.1 Å². The van der Waals surface area contributed by atoms with E-state index in [0.717, 1.165) is 0 Å². The second-order valence-corrected chi connectivity index (χ2v) is 5.05. The Morgan fingerprint density at radius 2 is 1.41 bits per heavy atom. The predicted octanol–water partition coefficient (Wildman–Crippen LogP) is 2.72. The summed E-state index contributed by atoms with van der Waals surface area (Å²) >= 11 is 0. The van der Waals surface area contributed by atoms with Crippen LogP contribution in [0.15, 0.2) is 30.6 Å². The van der Waals surface area contributed by atoms with Crippen LogP contribution in [-0.2, 0) is 0 Å². The number of benzene rings is 1. The summed E-state index contributed by atoms with van der Waals surface area (Å²) in [4.78, 5) is 29.7. The van der Waals surface area contributed by atoms with Crippen molar-refractivity contribution in [3.05, 3.63) is 52.8 Å². The van der Waals surface area contributed by atoms with Gasteiger partial charge in [0.2, 0.25) is 0 Å². The van der Waals surface area contributed by atoms with E-state index in [0.29, 0.717) is 46.7 Å². The molecule has 5 heteroatoms. The molecule has 1 aliphatic carbocycles. The molecule has 1 aliphatic rings. The fourth-order valence-corrected chi connectivity index (χ4v) is 2.79. The van der Waals surface area contributed by atoms with E-state index in [9.17, 15) is 9.59 Å². The van der Waals surface area contributed by atoms with E-state index in [1.54, 1.807) is 6.07 Å². The van der Waals surface area contributed by atoms with Gasteiger partial charge in [-0.25, -0.2) is 0 Å². The number of rotatable bonds is 4. The quantitative estimate of drug-likeness (QED) is 0.774. The summed E-state index contributed by atoms with van der Waals surface area (Å²) in [5.74, 6) is -0.295. The Morgan fingerprint density at radius 1 is 0.864 bits per heavy atom. The second-order valence-electron chi connectivity index (χ2n) is 5.05. The average Bonchev–Trinajstić information content (AvgIpc) is 2.54. The molecular formula is C17H17N3O2. The van der Waals surface area contributed by atoms with Crippen LogP contribution in [-0.4, -0.2) is 29.6 Å². The Morgan fingerprint density at radius 3 is 1.95 bits per heavy atom. The Bertz CT molecular complexity index is 704. The third kappa shape index (κ3) is 2.06. The number of ketones is 2. The zero-order valence-electron chi connectivity index (χ0n) is 12.6.